The van der Waals surface area contributed by atoms with Crippen LogP contribution in [0.15, 0.2) is 18.2 Å². The predicted octanol–water partition coefficient (Wildman–Crippen LogP) is 4.79. The molecule has 0 amide bonds. The van der Waals surface area contributed by atoms with Gasteiger partial charge < -0.3 is 9.84 Å². The zero-order valence-corrected chi connectivity index (χ0v) is 13.3. The quantitative estimate of drug-likeness (QED) is 0.793. The van der Waals surface area contributed by atoms with Crippen molar-refractivity contribution in [1.29, 1.82) is 0 Å². The number of phenolic OH excluding ortho intramolecular Hbond substituents is 1. The summed E-state index contributed by atoms with van der Waals surface area (Å²) < 4.78 is 5.78. The van der Waals surface area contributed by atoms with E-state index in [2.05, 4.69) is 20.8 Å². The minimum atomic E-state index is -0.388. The van der Waals surface area contributed by atoms with Crippen LogP contribution in [0.2, 0.25) is 0 Å². The molecule has 0 aliphatic heterocycles. The van der Waals surface area contributed by atoms with E-state index in [1.807, 2.05) is 6.07 Å². The standard InChI is InChI=1S/C18H26O3/c1-4-13(3)14-8-9-16(19)15(12-14)17(20)21-18(5-2)10-6-7-11-18/h8-9,12-13,19H,4-7,10-11H2,1-3H3. The number of hydrogen-bond acceptors (Lipinski definition) is 3. The van der Waals surface area contributed by atoms with Crippen molar-refractivity contribution in [2.75, 3.05) is 0 Å². The molecule has 2 rings (SSSR count). The number of esters is 1. The lowest BCUT2D eigenvalue weighted by Gasteiger charge is -2.28. The summed E-state index contributed by atoms with van der Waals surface area (Å²) in [4.78, 5) is 12.5. The van der Waals surface area contributed by atoms with Gasteiger partial charge in [0.1, 0.15) is 16.9 Å². The van der Waals surface area contributed by atoms with Crippen LogP contribution in [0.4, 0.5) is 0 Å². The molecule has 0 heterocycles. The van der Waals surface area contributed by atoms with Crippen molar-refractivity contribution in [1.82, 2.24) is 0 Å². The van der Waals surface area contributed by atoms with Crippen molar-refractivity contribution in [3.63, 3.8) is 0 Å². The molecule has 1 fully saturated rings. The monoisotopic (exact) mass is 290 g/mol. The molecule has 1 atom stereocenters. The number of aromatic hydroxyl groups is 1. The van der Waals surface area contributed by atoms with E-state index in [9.17, 15) is 9.90 Å². The summed E-state index contributed by atoms with van der Waals surface area (Å²) in [7, 11) is 0. The smallest absolute Gasteiger partial charge is 0.342 e. The van der Waals surface area contributed by atoms with Gasteiger partial charge in [0.25, 0.3) is 0 Å². The molecular formula is C18H26O3. The molecule has 0 radical (unpaired) electrons. The van der Waals surface area contributed by atoms with Crippen LogP contribution in [0, 0.1) is 0 Å². The molecule has 0 aromatic heterocycles. The lowest BCUT2D eigenvalue weighted by Crippen LogP contribution is -2.31. The average molecular weight is 290 g/mol. The van der Waals surface area contributed by atoms with Crippen molar-refractivity contribution in [3.05, 3.63) is 29.3 Å². The number of phenols is 1. The van der Waals surface area contributed by atoms with Gasteiger partial charge in [-0.25, -0.2) is 4.79 Å². The Morgan fingerprint density at radius 2 is 2.00 bits per heavy atom. The summed E-state index contributed by atoms with van der Waals surface area (Å²) in [6, 6.07) is 5.26. The second kappa shape index (κ2) is 6.50. The predicted molar refractivity (Wildman–Crippen MR) is 83.7 cm³/mol. The molecule has 3 nitrogen and oxygen atoms in total. The van der Waals surface area contributed by atoms with Crippen LogP contribution in [0.25, 0.3) is 0 Å². The van der Waals surface area contributed by atoms with Crippen molar-refractivity contribution in [3.8, 4) is 5.75 Å². The van der Waals surface area contributed by atoms with Gasteiger partial charge in [-0.15, -0.1) is 0 Å². The van der Waals surface area contributed by atoms with E-state index in [0.29, 0.717) is 11.5 Å². The van der Waals surface area contributed by atoms with Crippen LogP contribution in [0.3, 0.4) is 0 Å². The van der Waals surface area contributed by atoms with Crippen LogP contribution in [-0.4, -0.2) is 16.7 Å². The lowest BCUT2D eigenvalue weighted by atomic mass is 9.96. The van der Waals surface area contributed by atoms with Crippen molar-refractivity contribution >= 4 is 5.97 Å². The van der Waals surface area contributed by atoms with Gasteiger partial charge in [0.15, 0.2) is 0 Å². The fraction of sp³-hybridized carbons (Fsp3) is 0.611. The summed E-state index contributed by atoms with van der Waals surface area (Å²) >= 11 is 0. The Kier molecular flexibility index (Phi) is 4.92. The normalized spacial score (nSPS) is 18.4. The molecule has 0 saturated heterocycles. The maximum Gasteiger partial charge on any atom is 0.342 e. The summed E-state index contributed by atoms with van der Waals surface area (Å²) in [5, 5.41) is 9.99. The average Bonchev–Trinajstić information content (AvgIpc) is 2.95. The second-order valence-corrected chi connectivity index (χ2v) is 6.22. The van der Waals surface area contributed by atoms with Crippen LogP contribution >= 0.6 is 0 Å². The van der Waals surface area contributed by atoms with Crippen molar-refractivity contribution in [2.45, 2.75) is 70.8 Å². The number of rotatable bonds is 5. The van der Waals surface area contributed by atoms with Gasteiger partial charge in [-0.05, 0) is 62.1 Å². The highest BCUT2D eigenvalue weighted by atomic mass is 16.6. The first-order valence-corrected chi connectivity index (χ1v) is 8.07. The molecule has 1 aliphatic rings. The zero-order chi connectivity index (χ0) is 15.5. The Morgan fingerprint density at radius 3 is 2.57 bits per heavy atom. The third kappa shape index (κ3) is 3.39. The minimum absolute atomic E-state index is 0.0105. The maximum atomic E-state index is 12.5. The van der Waals surface area contributed by atoms with Gasteiger partial charge in [-0.2, -0.15) is 0 Å². The fourth-order valence-corrected chi connectivity index (χ4v) is 3.06. The molecule has 1 saturated carbocycles. The zero-order valence-electron chi connectivity index (χ0n) is 13.3. The highest BCUT2D eigenvalue weighted by molar-refractivity contribution is 5.93. The van der Waals surface area contributed by atoms with E-state index in [1.54, 1.807) is 12.1 Å². The van der Waals surface area contributed by atoms with E-state index in [1.165, 1.54) is 0 Å². The number of hydrogen-bond donors (Lipinski definition) is 1. The molecule has 1 aliphatic carbocycles. The maximum absolute atomic E-state index is 12.5. The number of carbonyl (C=O) groups excluding carboxylic acids is 1. The molecule has 21 heavy (non-hydrogen) atoms. The van der Waals surface area contributed by atoms with Gasteiger partial charge >= 0.3 is 5.97 Å². The van der Waals surface area contributed by atoms with E-state index in [0.717, 1.165) is 44.1 Å². The Hall–Kier alpha value is -1.51. The van der Waals surface area contributed by atoms with Crippen molar-refractivity contribution < 1.29 is 14.6 Å². The third-order valence-electron chi connectivity index (χ3n) is 4.89. The Morgan fingerprint density at radius 1 is 1.33 bits per heavy atom. The lowest BCUT2D eigenvalue weighted by molar-refractivity contribution is -0.0174. The summed E-state index contributed by atoms with van der Waals surface area (Å²) in [5.41, 5.74) is 1.04. The van der Waals surface area contributed by atoms with Crippen molar-refractivity contribution in [2.24, 2.45) is 0 Å². The highest BCUT2D eigenvalue weighted by Crippen LogP contribution is 2.37. The third-order valence-corrected chi connectivity index (χ3v) is 4.89. The van der Waals surface area contributed by atoms with Gasteiger partial charge in [0, 0.05) is 0 Å². The first-order chi connectivity index (χ1) is 10.0. The van der Waals surface area contributed by atoms with E-state index in [-0.39, 0.29) is 17.3 Å². The molecule has 1 aromatic carbocycles. The first kappa shape index (κ1) is 15.9. The molecule has 1 aromatic rings. The topological polar surface area (TPSA) is 46.5 Å². The number of ether oxygens (including phenoxy) is 1. The number of carbonyl (C=O) groups is 1. The van der Waals surface area contributed by atoms with Crippen LogP contribution < -0.4 is 0 Å². The SMILES string of the molecule is CCC(C)c1ccc(O)c(C(=O)OC2(CC)CCCC2)c1. The molecule has 3 heteroatoms. The highest BCUT2D eigenvalue weighted by Gasteiger charge is 2.36. The fourth-order valence-electron chi connectivity index (χ4n) is 3.06. The molecule has 0 spiro atoms. The summed E-state index contributed by atoms with van der Waals surface area (Å²) in [5.74, 6) is -0.0125. The van der Waals surface area contributed by atoms with Crippen LogP contribution in [0.1, 0.15) is 81.1 Å². The van der Waals surface area contributed by atoms with E-state index < -0.39 is 0 Å². The molecule has 1 N–H and O–H groups in total. The summed E-state index contributed by atoms with van der Waals surface area (Å²) in [6.45, 7) is 6.29. The molecule has 1 unspecified atom stereocenters. The van der Waals surface area contributed by atoms with E-state index >= 15 is 0 Å². The minimum Gasteiger partial charge on any atom is -0.507 e. The molecule has 116 valence electrons. The van der Waals surface area contributed by atoms with E-state index in [4.69, 9.17) is 4.74 Å². The summed E-state index contributed by atoms with van der Waals surface area (Å²) in [6.07, 6.45) is 5.92. The first-order valence-electron chi connectivity index (χ1n) is 8.07. The molecular weight excluding hydrogens is 264 g/mol. The van der Waals surface area contributed by atoms with Crippen LogP contribution in [0.5, 0.6) is 5.75 Å². The Labute approximate surface area is 127 Å². The van der Waals surface area contributed by atoms with Gasteiger partial charge in [-0.1, -0.05) is 26.8 Å². The largest absolute Gasteiger partial charge is 0.507 e. The van der Waals surface area contributed by atoms with Crippen LogP contribution in [-0.2, 0) is 4.74 Å². The Balaban J connectivity index is 2.22. The Bertz CT molecular complexity index is 501. The van der Waals surface area contributed by atoms with Gasteiger partial charge in [0.2, 0.25) is 0 Å². The molecule has 0 bridgehead atoms. The second-order valence-electron chi connectivity index (χ2n) is 6.22. The van der Waals surface area contributed by atoms with Gasteiger partial charge in [-0.3, -0.25) is 0 Å². The van der Waals surface area contributed by atoms with Gasteiger partial charge in [0.05, 0.1) is 0 Å². The number of benzene rings is 1.